The Labute approximate surface area is 249 Å². The minimum Gasteiger partial charge on any atom is -0.395 e. The average Bonchev–Trinajstić information content (AvgIpc) is 3.49. The van der Waals surface area contributed by atoms with Crippen molar-refractivity contribution >= 4 is 32.8 Å². The van der Waals surface area contributed by atoms with Crippen LogP contribution in [0.2, 0.25) is 0 Å². The number of hydrogen-bond acceptors (Lipinski definition) is 5. The molecule has 0 bridgehead atoms. The molecule has 3 aromatic rings. The van der Waals surface area contributed by atoms with Crippen molar-refractivity contribution in [2.75, 3.05) is 24.6 Å². The summed E-state index contributed by atoms with van der Waals surface area (Å²) in [5, 5.41) is 14.4. The molecule has 0 saturated heterocycles. The van der Waals surface area contributed by atoms with Gasteiger partial charge in [-0.2, -0.15) is 4.57 Å². The molecule has 4 aliphatic heterocycles. The first-order valence-electron chi connectivity index (χ1n) is 16.1. The first kappa shape index (κ1) is 26.1. The highest BCUT2D eigenvalue weighted by Crippen LogP contribution is 2.56. The number of nitrogens with zero attached hydrogens (tertiary/aromatic N) is 2. The van der Waals surface area contributed by atoms with E-state index in [2.05, 4.69) is 90.2 Å². The molecule has 4 unspecified atom stereocenters. The Morgan fingerprint density at radius 3 is 2.85 bits per heavy atom. The molecule has 7 rings (SSSR count). The fourth-order valence-corrected chi connectivity index (χ4v) is 9.06. The number of fused-ring (bicyclic) bond motifs is 9. The summed E-state index contributed by atoms with van der Waals surface area (Å²) in [4.78, 5) is 2.60. The molecule has 2 aromatic carbocycles. The average molecular weight is 573 g/mol. The smallest absolute Gasteiger partial charge is 0.268 e. The van der Waals surface area contributed by atoms with Gasteiger partial charge in [-0.25, -0.2) is 0 Å². The van der Waals surface area contributed by atoms with Crippen molar-refractivity contribution < 1.29 is 15.8 Å². The van der Waals surface area contributed by atoms with E-state index in [4.69, 9.17) is 6.11 Å². The lowest BCUT2D eigenvalue weighted by molar-refractivity contribution is -0.688. The number of nitrogens with one attached hydrogen (secondary N) is 1. The van der Waals surface area contributed by atoms with Crippen molar-refractivity contribution in [2.45, 2.75) is 90.0 Å². The number of aromatic nitrogens is 1. The molecule has 0 radical (unpaired) electrons. The van der Waals surface area contributed by atoms with Crippen LogP contribution in [0, 0.1) is 5.41 Å². The maximum Gasteiger partial charge on any atom is 0.268 e. The highest BCUT2D eigenvalue weighted by atomic mass is 32.1. The van der Waals surface area contributed by atoms with Gasteiger partial charge in [0, 0.05) is 42.4 Å². The first-order chi connectivity index (χ1) is 20.4. The maximum atomic E-state index is 9.62. The number of allylic oxidation sites excluding steroid dienone is 1. The van der Waals surface area contributed by atoms with Crippen molar-refractivity contribution in [2.24, 2.45) is 5.41 Å². The Kier molecular flexibility index (Phi) is 6.59. The molecular formula is C35H44N3O2S+. The predicted molar refractivity (Wildman–Crippen MR) is 168 cm³/mol. The molecule has 4 atom stereocenters. The van der Waals surface area contributed by atoms with Crippen LogP contribution in [0.1, 0.15) is 71.7 Å². The van der Waals surface area contributed by atoms with Crippen LogP contribution in [-0.4, -0.2) is 43.1 Å². The highest BCUT2D eigenvalue weighted by molar-refractivity contribution is 7.19. The molecule has 0 aliphatic carbocycles. The Bertz CT molecular complexity index is 1560. The monoisotopic (exact) mass is 572 g/mol. The fraction of sp³-hybridized carbons (Fsp3) is 0.514. The van der Waals surface area contributed by atoms with Crippen LogP contribution >= 0.6 is 11.3 Å². The molecule has 4 aliphatic rings. The SMILES string of the molecule is [3H]CCC(CO)NCCCCC1(C)C2=C3C=C4c5sc6ccccc6[n+]5CC(C)(C)C4OC3CCN2c2ccccc21. The number of aliphatic hydroxyl groups excluding tert-OH is 1. The Morgan fingerprint density at radius 2 is 2.00 bits per heavy atom. The number of rotatable bonds is 8. The van der Waals surface area contributed by atoms with Crippen LogP contribution in [0.25, 0.3) is 15.8 Å². The number of ether oxygens (including phenoxy) is 1. The third kappa shape index (κ3) is 4.32. The predicted octanol–water partition coefficient (Wildman–Crippen LogP) is 6.35. The quantitative estimate of drug-likeness (QED) is 0.244. The summed E-state index contributed by atoms with van der Waals surface area (Å²) in [5.41, 5.74) is 8.20. The molecule has 0 saturated carbocycles. The molecule has 5 nitrogen and oxygen atoms in total. The Hall–Kier alpha value is -2.51. The maximum absolute atomic E-state index is 9.62. The number of benzene rings is 2. The van der Waals surface area contributed by atoms with Gasteiger partial charge in [0.1, 0.15) is 10.8 Å². The molecule has 216 valence electrons. The summed E-state index contributed by atoms with van der Waals surface area (Å²) in [6, 6.07) is 17.9. The van der Waals surface area contributed by atoms with Gasteiger partial charge >= 0.3 is 0 Å². The van der Waals surface area contributed by atoms with E-state index in [1.54, 1.807) is 0 Å². The number of thiazole rings is 1. The minimum absolute atomic E-state index is 0.00199. The van der Waals surface area contributed by atoms with E-state index in [1.165, 1.54) is 43.3 Å². The van der Waals surface area contributed by atoms with Gasteiger partial charge in [0.2, 0.25) is 5.52 Å². The van der Waals surface area contributed by atoms with Crippen LogP contribution in [0.4, 0.5) is 5.69 Å². The van der Waals surface area contributed by atoms with Gasteiger partial charge in [-0.3, -0.25) is 0 Å². The van der Waals surface area contributed by atoms with Crippen LogP contribution in [-0.2, 0) is 16.7 Å². The van der Waals surface area contributed by atoms with Crippen molar-refractivity contribution in [3.05, 3.63) is 76.4 Å². The zero-order chi connectivity index (χ0) is 29.1. The van der Waals surface area contributed by atoms with Gasteiger partial charge in [0.05, 0.1) is 23.7 Å². The first-order valence-corrected chi connectivity index (χ1v) is 16.2. The fourth-order valence-electron chi connectivity index (χ4n) is 7.86. The number of para-hydroxylation sites is 2. The second kappa shape index (κ2) is 10.3. The van der Waals surface area contributed by atoms with E-state index in [9.17, 15) is 5.11 Å². The molecule has 5 heterocycles. The molecule has 6 heteroatoms. The zero-order valence-electron chi connectivity index (χ0n) is 25.7. The van der Waals surface area contributed by atoms with Crippen molar-refractivity contribution in [3.63, 3.8) is 0 Å². The van der Waals surface area contributed by atoms with Crippen molar-refractivity contribution in [1.29, 1.82) is 0 Å². The van der Waals surface area contributed by atoms with Crippen LogP contribution < -0.4 is 14.8 Å². The summed E-state index contributed by atoms with van der Waals surface area (Å²) in [7, 11) is 0. The number of anilines is 1. The standard InChI is InChI=1S/C35H44N3O2S/c1-5-23(21-39)36-18-11-10-17-35(4)26-12-6-7-13-27(26)37-19-16-29-24(31(35)37)20-25-32(40-29)34(2,3)22-38-28-14-8-9-15-30(28)41-33(25)38/h6-9,12-15,20,23,29,32,36,39H,5,10-11,16-19,21-22H2,1-4H3/q+1/i1T. The molecule has 1 aromatic heterocycles. The zero-order valence-corrected chi connectivity index (χ0v) is 25.5. The largest absolute Gasteiger partial charge is 0.395 e. The van der Waals surface area contributed by atoms with Gasteiger partial charge in [0.15, 0.2) is 6.54 Å². The lowest BCUT2D eigenvalue weighted by Gasteiger charge is -2.46. The molecular weight excluding hydrogens is 526 g/mol. The third-order valence-electron chi connectivity index (χ3n) is 9.95. The third-order valence-corrected chi connectivity index (χ3v) is 11.2. The van der Waals surface area contributed by atoms with Gasteiger partial charge in [-0.1, -0.05) is 68.8 Å². The van der Waals surface area contributed by atoms with E-state index in [1.807, 2.05) is 11.3 Å². The molecule has 0 spiro atoms. The second-order valence-corrected chi connectivity index (χ2v) is 14.3. The second-order valence-electron chi connectivity index (χ2n) is 13.2. The topological polar surface area (TPSA) is 48.6 Å². The van der Waals surface area contributed by atoms with Gasteiger partial charge in [-0.15, -0.1) is 0 Å². The number of unbranched alkanes of at least 4 members (excludes halogenated alkanes) is 1. The Morgan fingerprint density at radius 1 is 1.17 bits per heavy atom. The molecule has 2 N–H and O–H groups in total. The van der Waals surface area contributed by atoms with Crippen LogP contribution in [0.3, 0.4) is 0 Å². The normalized spacial score (nSPS) is 27.0. The number of aliphatic hydroxyl groups is 1. The van der Waals surface area contributed by atoms with Crippen LogP contribution in [0.15, 0.2) is 65.9 Å². The van der Waals surface area contributed by atoms with Gasteiger partial charge < -0.3 is 20.1 Å². The van der Waals surface area contributed by atoms with Gasteiger partial charge in [0.25, 0.3) is 5.01 Å². The molecule has 0 fully saturated rings. The summed E-state index contributed by atoms with van der Waals surface area (Å²) in [6.45, 7) is 10.5. The summed E-state index contributed by atoms with van der Waals surface area (Å²) >= 11 is 1.91. The lowest BCUT2D eigenvalue weighted by atomic mass is 9.72. The number of hydrogen-bond donors (Lipinski definition) is 2. The Balaban J connectivity index is 1.28. The van der Waals surface area contributed by atoms with E-state index < -0.39 is 0 Å². The van der Waals surface area contributed by atoms with E-state index in [0.717, 1.165) is 45.3 Å². The van der Waals surface area contributed by atoms with Crippen molar-refractivity contribution in [3.8, 4) is 0 Å². The van der Waals surface area contributed by atoms with E-state index >= 15 is 0 Å². The summed E-state index contributed by atoms with van der Waals surface area (Å²) in [6.07, 6.45) is 7.67. The van der Waals surface area contributed by atoms with Crippen LogP contribution in [0.5, 0.6) is 0 Å². The molecule has 0 amide bonds. The van der Waals surface area contributed by atoms with E-state index in [0.29, 0.717) is 13.3 Å². The summed E-state index contributed by atoms with van der Waals surface area (Å²) < 4.78 is 18.5. The highest BCUT2D eigenvalue weighted by Gasteiger charge is 2.53. The van der Waals surface area contributed by atoms with Crippen molar-refractivity contribution in [1.82, 2.24) is 5.32 Å². The molecule has 41 heavy (non-hydrogen) atoms. The lowest BCUT2D eigenvalue weighted by Crippen LogP contribution is -2.56. The van der Waals surface area contributed by atoms with Gasteiger partial charge in [-0.05, 0) is 62.9 Å². The minimum atomic E-state index is -0.0876. The van der Waals surface area contributed by atoms with E-state index in [-0.39, 0.29) is 35.7 Å². The summed E-state index contributed by atoms with van der Waals surface area (Å²) in [5.74, 6) is 0.